The van der Waals surface area contributed by atoms with E-state index in [0.29, 0.717) is 18.7 Å². The number of aliphatic hydroxyl groups excluding tert-OH is 1. The Hall–Kier alpha value is -2.17. The van der Waals surface area contributed by atoms with Crippen LogP contribution in [-0.4, -0.2) is 47.7 Å². The fraction of sp³-hybridized carbons (Fsp3) is 0.316. The Morgan fingerprint density at radius 1 is 1.09 bits per heavy atom. The second-order valence-corrected chi connectivity index (χ2v) is 5.86. The minimum Gasteiger partial charge on any atom is -0.390 e. The number of nitrogens with zero attached hydrogens (tertiary/aromatic N) is 2. The number of carbonyl (C=O) groups excluding carboxylic acids is 1. The summed E-state index contributed by atoms with van der Waals surface area (Å²) < 4.78 is 0. The number of para-hydroxylation sites is 1. The van der Waals surface area contributed by atoms with Crippen LogP contribution in [0.1, 0.15) is 17.3 Å². The highest BCUT2D eigenvalue weighted by atomic mass is 16.3. The number of aliphatic hydroxyl groups is 1. The number of carbonyl (C=O) groups is 1. The van der Waals surface area contributed by atoms with Gasteiger partial charge in [0, 0.05) is 24.3 Å². The highest BCUT2D eigenvalue weighted by Gasteiger charge is 2.38. The van der Waals surface area contributed by atoms with Gasteiger partial charge in [-0.2, -0.15) is 0 Å². The summed E-state index contributed by atoms with van der Waals surface area (Å²) in [7, 11) is 0. The van der Waals surface area contributed by atoms with Crippen molar-refractivity contribution in [2.75, 3.05) is 24.5 Å². The molecule has 2 atom stereocenters. The third kappa shape index (κ3) is 3.28. The molecule has 1 fully saturated rings. The average molecular weight is 310 g/mol. The number of rotatable bonds is 4. The van der Waals surface area contributed by atoms with Gasteiger partial charge in [-0.15, -0.1) is 0 Å². The van der Waals surface area contributed by atoms with Crippen molar-refractivity contribution in [2.24, 2.45) is 0 Å². The SMILES string of the molecule is CCN1C[C@@H](O)[C@H](N(C(=O)c2ccccc2)c2ccccc2)C1. The molecule has 1 saturated heterocycles. The van der Waals surface area contributed by atoms with Crippen LogP contribution in [0.5, 0.6) is 0 Å². The Morgan fingerprint density at radius 2 is 1.70 bits per heavy atom. The van der Waals surface area contributed by atoms with Crippen molar-refractivity contribution >= 4 is 11.6 Å². The van der Waals surface area contributed by atoms with Crippen molar-refractivity contribution in [1.29, 1.82) is 0 Å². The molecule has 1 heterocycles. The van der Waals surface area contributed by atoms with Crippen LogP contribution >= 0.6 is 0 Å². The van der Waals surface area contributed by atoms with Crippen LogP contribution in [0, 0.1) is 0 Å². The molecule has 120 valence electrons. The van der Waals surface area contributed by atoms with Crippen LogP contribution in [0.25, 0.3) is 0 Å². The number of likely N-dealkylation sites (tertiary alicyclic amines) is 1. The summed E-state index contributed by atoms with van der Waals surface area (Å²) in [6, 6.07) is 18.6. The molecule has 0 radical (unpaired) electrons. The van der Waals surface area contributed by atoms with Gasteiger partial charge in [0.15, 0.2) is 0 Å². The molecule has 0 unspecified atom stereocenters. The zero-order chi connectivity index (χ0) is 16.2. The lowest BCUT2D eigenvalue weighted by molar-refractivity contribution is 0.0945. The zero-order valence-corrected chi connectivity index (χ0v) is 13.3. The fourth-order valence-electron chi connectivity index (χ4n) is 3.13. The van der Waals surface area contributed by atoms with Gasteiger partial charge in [-0.05, 0) is 30.8 Å². The van der Waals surface area contributed by atoms with Gasteiger partial charge in [0.25, 0.3) is 5.91 Å². The summed E-state index contributed by atoms with van der Waals surface area (Å²) in [6.07, 6.45) is -0.539. The smallest absolute Gasteiger partial charge is 0.258 e. The molecule has 4 nitrogen and oxygen atoms in total. The van der Waals surface area contributed by atoms with Crippen molar-refractivity contribution in [2.45, 2.75) is 19.1 Å². The first-order chi connectivity index (χ1) is 11.2. The molecule has 2 aromatic rings. The molecular formula is C19H22N2O2. The summed E-state index contributed by atoms with van der Waals surface area (Å²) in [6.45, 7) is 4.23. The molecule has 0 saturated carbocycles. The van der Waals surface area contributed by atoms with Crippen LogP contribution in [0.3, 0.4) is 0 Å². The standard InChI is InChI=1S/C19H22N2O2/c1-2-20-13-17(18(22)14-20)21(16-11-7-4-8-12-16)19(23)15-9-5-3-6-10-15/h3-12,17-18,22H,2,13-14H2,1H3/t17-,18-/m1/s1. The van der Waals surface area contributed by atoms with Crippen LogP contribution in [-0.2, 0) is 0 Å². The van der Waals surface area contributed by atoms with E-state index in [1.807, 2.05) is 60.7 Å². The second-order valence-electron chi connectivity index (χ2n) is 5.86. The normalized spacial score (nSPS) is 21.3. The molecule has 2 aromatic carbocycles. The van der Waals surface area contributed by atoms with Crippen molar-refractivity contribution in [1.82, 2.24) is 4.90 Å². The van der Waals surface area contributed by atoms with E-state index in [2.05, 4.69) is 11.8 Å². The summed E-state index contributed by atoms with van der Waals surface area (Å²) in [5, 5.41) is 10.5. The lowest BCUT2D eigenvalue weighted by Gasteiger charge is -2.31. The Labute approximate surface area is 137 Å². The van der Waals surface area contributed by atoms with Crippen LogP contribution < -0.4 is 4.90 Å². The Bertz CT molecular complexity index is 645. The molecule has 1 N–H and O–H groups in total. The van der Waals surface area contributed by atoms with E-state index < -0.39 is 6.10 Å². The van der Waals surface area contributed by atoms with E-state index in [-0.39, 0.29) is 11.9 Å². The van der Waals surface area contributed by atoms with Crippen LogP contribution in [0.4, 0.5) is 5.69 Å². The molecule has 23 heavy (non-hydrogen) atoms. The Balaban J connectivity index is 1.96. The van der Waals surface area contributed by atoms with Gasteiger partial charge in [-0.1, -0.05) is 43.3 Å². The van der Waals surface area contributed by atoms with Crippen molar-refractivity contribution in [3.63, 3.8) is 0 Å². The quantitative estimate of drug-likeness (QED) is 0.943. The van der Waals surface area contributed by atoms with E-state index in [4.69, 9.17) is 0 Å². The maximum absolute atomic E-state index is 13.1. The molecule has 3 rings (SSSR count). The molecule has 4 heteroatoms. The third-order valence-corrected chi connectivity index (χ3v) is 4.39. The molecule has 0 aromatic heterocycles. The number of β-amino-alcohol motifs (C(OH)–C–C–N with tert-alkyl or cyclic N) is 1. The minimum absolute atomic E-state index is 0.0706. The van der Waals surface area contributed by atoms with Crippen LogP contribution in [0.2, 0.25) is 0 Å². The van der Waals surface area contributed by atoms with Gasteiger partial charge in [-0.25, -0.2) is 0 Å². The number of hydrogen-bond donors (Lipinski definition) is 1. The number of anilines is 1. The van der Waals surface area contributed by atoms with Gasteiger partial charge >= 0.3 is 0 Å². The van der Waals surface area contributed by atoms with E-state index in [1.54, 1.807) is 4.90 Å². The lowest BCUT2D eigenvalue weighted by atomic mass is 10.1. The molecule has 1 aliphatic rings. The summed E-state index contributed by atoms with van der Waals surface area (Å²) in [5.74, 6) is -0.0706. The minimum atomic E-state index is -0.539. The number of likely N-dealkylation sites (N-methyl/N-ethyl adjacent to an activating group) is 1. The van der Waals surface area contributed by atoms with Crippen molar-refractivity contribution in [3.05, 3.63) is 66.2 Å². The van der Waals surface area contributed by atoms with E-state index in [0.717, 1.165) is 12.2 Å². The molecule has 0 bridgehead atoms. The van der Waals surface area contributed by atoms with Gasteiger partial charge in [0.05, 0.1) is 12.1 Å². The number of amides is 1. The van der Waals surface area contributed by atoms with E-state index >= 15 is 0 Å². The molecule has 1 aliphatic heterocycles. The van der Waals surface area contributed by atoms with Crippen molar-refractivity contribution in [3.8, 4) is 0 Å². The van der Waals surface area contributed by atoms with Crippen molar-refractivity contribution < 1.29 is 9.90 Å². The predicted octanol–water partition coefficient (Wildman–Crippen LogP) is 2.40. The number of hydrogen-bond acceptors (Lipinski definition) is 3. The largest absolute Gasteiger partial charge is 0.390 e. The molecular weight excluding hydrogens is 288 g/mol. The lowest BCUT2D eigenvalue weighted by Crippen LogP contribution is -2.47. The van der Waals surface area contributed by atoms with Gasteiger partial charge in [0.2, 0.25) is 0 Å². The Morgan fingerprint density at radius 3 is 2.26 bits per heavy atom. The first-order valence-corrected chi connectivity index (χ1v) is 8.04. The third-order valence-electron chi connectivity index (χ3n) is 4.39. The zero-order valence-electron chi connectivity index (χ0n) is 13.3. The van der Waals surface area contributed by atoms with Gasteiger partial charge in [0.1, 0.15) is 0 Å². The Kier molecular flexibility index (Phi) is 4.74. The highest BCUT2D eigenvalue weighted by molar-refractivity contribution is 6.06. The van der Waals surface area contributed by atoms with Gasteiger partial charge < -0.3 is 10.0 Å². The first-order valence-electron chi connectivity index (χ1n) is 8.04. The van der Waals surface area contributed by atoms with E-state index in [9.17, 15) is 9.90 Å². The predicted molar refractivity (Wildman–Crippen MR) is 91.6 cm³/mol. The maximum atomic E-state index is 13.1. The first kappa shape index (κ1) is 15.7. The summed E-state index contributed by atoms with van der Waals surface area (Å²) >= 11 is 0. The molecule has 1 amide bonds. The maximum Gasteiger partial charge on any atom is 0.258 e. The monoisotopic (exact) mass is 310 g/mol. The summed E-state index contributed by atoms with van der Waals surface area (Å²) in [4.78, 5) is 17.0. The van der Waals surface area contributed by atoms with Gasteiger partial charge in [-0.3, -0.25) is 9.69 Å². The van der Waals surface area contributed by atoms with E-state index in [1.165, 1.54) is 0 Å². The topological polar surface area (TPSA) is 43.8 Å². The highest BCUT2D eigenvalue weighted by Crippen LogP contribution is 2.25. The number of benzene rings is 2. The summed E-state index contributed by atoms with van der Waals surface area (Å²) in [5.41, 5.74) is 1.46. The molecule has 0 aliphatic carbocycles. The molecule has 0 spiro atoms. The fourth-order valence-corrected chi connectivity index (χ4v) is 3.13. The van der Waals surface area contributed by atoms with Crippen LogP contribution in [0.15, 0.2) is 60.7 Å². The second kappa shape index (κ2) is 6.94. The average Bonchev–Trinajstić information content (AvgIpc) is 2.98.